The zero-order chi connectivity index (χ0) is 26.1. The minimum absolute atomic E-state index is 0.0843. The summed E-state index contributed by atoms with van der Waals surface area (Å²) >= 11 is 0. The van der Waals surface area contributed by atoms with E-state index >= 15 is 0 Å². The summed E-state index contributed by atoms with van der Waals surface area (Å²) in [6.07, 6.45) is 6.89. The van der Waals surface area contributed by atoms with Crippen LogP contribution < -0.4 is 5.56 Å². The van der Waals surface area contributed by atoms with Gasteiger partial charge in [-0.15, -0.1) is 0 Å². The van der Waals surface area contributed by atoms with Gasteiger partial charge in [0.05, 0.1) is 24.0 Å². The SMILES string of the molecule is O=C(c1ccncc1)N1CCC(O)(Cn2cnc3c(cnn3-c3ccc(-c4ccccc4)cc3)c2=O)CC1. The predicted octanol–water partition coefficient (Wildman–Crippen LogP) is 3.31. The number of carbonyl (C=O) groups is 1. The summed E-state index contributed by atoms with van der Waals surface area (Å²) in [5.74, 6) is -0.0843. The van der Waals surface area contributed by atoms with E-state index in [0.717, 1.165) is 16.8 Å². The lowest BCUT2D eigenvalue weighted by atomic mass is 9.91. The van der Waals surface area contributed by atoms with Gasteiger partial charge < -0.3 is 10.0 Å². The Kier molecular flexibility index (Phi) is 6.05. The quantitative estimate of drug-likeness (QED) is 0.392. The van der Waals surface area contributed by atoms with E-state index in [0.29, 0.717) is 42.5 Å². The zero-order valence-electron chi connectivity index (χ0n) is 20.6. The minimum Gasteiger partial charge on any atom is -0.388 e. The third kappa shape index (κ3) is 4.48. The van der Waals surface area contributed by atoms with Crippen molar-refractivity contribution < 1.29 is 9.90 Å². The number of carbonyl (C=O) groups excluding carboxylic acids is 1. The van der Waals surface area contributed by atoms with Crippen LogP contribution in [-0.4, -0.2) is 58.9 Å². The lowest BCUT2D eigenvalue weighted by Gasteiger charge is -2.38. The number of piperidine rings is 1. The lowest BCUT2D eigenvalue weighted by Crippen LogP contribution is -2.49. The molecule has 6 rings (SSSR count). The van der Waals surface area contributed by atoms with Crippen LogP contribution in [0.15, 0.2) is 96.4 Å². The highest BCUT2D eigenvalue weighted by Gasteiger charge is 2.35. The van der Waals surface area contributed by atoms with Crippen molar-refractivity contribution in [3.63, 3.8) is 0 Å². The first-order valence-corrected chi connectivity index (χ1v) is 12.5. The molecular formula is C29H26N6O3. The number of hydrogen-bond acceptors (Lipinski definition) is 6. The molecule has 0 bridgehead atoms. The summed E-state index contributed by atoms with van der Waals surface area (Å²) in [6.45, 7) is 0.904. The molecular weight excluding hydrogens is 480 g/mol. The maximum atomic E-state index is 13.3. The molecule has 3 aromatic heterocycles. The van der Waals surface area contributed by atoms with E-state index in [1.54, 1.807) is 34.1 Å². The number of aromatic nitrogens is 5. The maximum absolute atomic E-state index is 13.3. The largest absolute Gasteiger partial charge is 0.388 e. The Balaban J connectivity index is 1.19. The second kappa shape index (κ2) is 9.68. The summed E-state index contributed by atoms with van der Waals surface area (Å²) < 4.78 is 3.08. The first-order chi connectivity index (χ1) is 18.5. The van der Waals surface area contributed by atoms with Crippen molar-refractivity contribution in [3.05, 3.63) is 108 Å². The molecule has 38 heavy (non-hydrogen) atoms. The molecule has 1 amide bonds. The topological polar surface area (TPSA) is 106 Å². The summed E-state index contributed by atoms with van der Waals surface area (Å²) in [5, 5.41) is 16.0. The van der Waals surface area contributed by atoms with E-state index in [4.69, 9.17) is 0 Å². The second-order valence-corrected chi connectivity index (χ2v) is 9.64. The molecule has 1 fully saturated rings. The molecule has 0 aliphatic carbocycles. The molecule has 1 aliphatic heterocycles. The van der Waals surface area contributed by atoms with Crippen molar-refractivity contribution in [3.8, 4) is 16.8 Å². The van der Waals surface area contributed by atoms with E-state index in [-0.39, 0.29) is 18.0 Å². The molecule has 0 saturated carbocycles. The van der Waals surface area contributed by atoms with Gasteiger partial charge in [0, 0.05) is 31.0 Å². The fourth-order valence-corrected chi connectivity index (χ4v) is 4.95. The average molecular weight is 507 g/mol. The van der Waals surface area contributed by atoms with Crippen molar-refractivity contribution in [1.29, 1.82) is 0 Å². The number of benzene rings is 2. The highest BCUT2D eigenvalue weighted by molar-refractivity contribution is 5.94. The Bertz CT molecular complexity index is 1640. The summed E-state index contributed by atoms with van der Waals surface area (Å²) in [4.78, 5) is 36.2. The third-order valence-corrected chi connectivity index (χ3v) is 7.15. The van der Waals surface area contributed by atoms with E-state index in [1.165, 1.54) is 17.1 Å². The molecule has 2 aromatic carbocycles. The zero-order valence-corrected chi connectivity index (χ0v) is 20.6. The lowest BCUT2D eigenvalue weighted by molar-refractivity contribution is -0.0299. The van der Waals surface area contributed by atoms with Gasteiger partial charge in [-0.25, -0.2) is 9.67 Å². The van der Waals surface area contributed by atoms with Crippen LogP contribution in [0.2, 0.25) is 0 Å². The van der Waals surface area contributed by atoms with Crippen LogP contribution in [-0.2, 0) is 6.54 Å². The highest BCUT2D eigenvalue weighted by atomic mass is 16.3. The third-order valence-electron chi connectivity index (χ3n) is 7.15. The first kappa shape index (κ1) is 23.7. The number of nitrogens with zero attached hydrogens (tertiary/aromatic N) is 6. The van der Waals surface area contributed by atoms with Crippen molar-refractivity contribution in [2.75, 3.05) is 13.1 Å². The van der Waals surface area contributed by atoms with Gasteiger partial charge in [0.1, 0.15) is 11.7 Å². The number of rotatable bonds is 5. The smallest absolute Gasteiger partial charge is 0.264 e. The molecule has 0 spiro atoms. The standard InChI is InChI=1S/C29H26N6O3/c36-27(23-10-14-30-15-11-23)33-16-12-29(38,13-17-33)19-34-20-31-26-25(28(34)37)18-32-35(26)24-8-6-22(7-9-24)21-4-2-1-3-5-21/h1-11,14-15,18,20,38H,12-13,16-17,19H2. The van der Waals surface area contributed by atoms with Gasteiger partial charge in [0.25, 0.3) is 11.5 Å². The van der Waals surface area contributed by atoms with Crippen LogP contribution in [0.5, 0.6) is 0 Å². The molecule has 0 atom stereocenters. The van der Waals surface area contributed by atoms with Gasteiger partial charge in [0.2, 0.25) is 0 Å². The number of hydrogen-bond donors (Lipinski definition) is 1. The van der Waals surface area contributed by atoms with Gasteiger partial charge in [-0.3, -0.25) is 19.1 Å². The fourth-order valence-electron chi connectivity index (χ4n) is 4.95. The Morgan fingerprint density at radius 2 is 1.61 bits per heavy atom. The predicted molar refractivity (Wildman–Crippen MR) is 143 cm³/mol. The van der Waals surface area contributed by atoms with Gasteiger partial charge in [-0.1, -0.05) is 42.5 Å². The van der Waals surface area contributed by atoms with Gasteiger partial charge in [0.15, 0.2) is 5.65 Å². The molecule has 0 radical (unpaired) electrons. The summed E-state index contributed by atoms with van der Waals surface area (Å²) in [7, 11) is 0. The summed E-state index contributed by atoms with van der Waals surface area (Å²) in [5.41, 5.74) is 2.67. The molecule has 4 heterocycles. The maximum Gasteiger partial charge on any atom is 0.264 e. The van der Waals surface area contributed by atoms with E-state index in [9.17, 15) is 14.7 Å². The van der Waals surface area contributed by atoms with Crippen LogP contribution in [0.25, 0.3) is 27.8 Å². The van der Waals surface area contributed by atoms with Crippen LogP contribution in [0.1, 0.15) is 23.2 Å². The van der Waals surface area contributed by atoms with Crippen molar-refractivity contribution >= 4 is 16.9 Å². The molecule has 9 heteroatoms. The second-order valence-electron chi connectivity index (χ2n) is 9.64. The number of fused-ring (bicyclic) bond motifs is 1. The molecule has 0 unspecified atom stereocenters. The van der Waals surface area contributed by atoms with Crippen LogP contribution >= 0.6 is 0 Å². The molecule has 1 N–H and O–H groups in total. The Morgan fingerprint density at radius 1 is 0.921 bits per heavy atom. The van der Waals surface area contributed by atoms with E-state index < -0.39 is 5.60 Å². The number of amides is 1. The Labute approximate surface area is 218 Å². The van der Waals surface area contributed by atoms with Crippen molar-refractivity contribution in [2.45, 2.75) is 25.0 Å². The normalized spacial score (nSPS) is 15.0. The van der Waals surface area contributed by atoms with Crippen LogP contribution in [0.4, 0.5) is 0 Å². The monoisotopic (exact) mass is 506 g/mol. The fraction of sp³-hybridized carbons (Fsp3) is 0.207. The molecule has 5 aromatic rings. The van der Waals surface area contributed by atoms with Gasteiger partial charge in [-0.05, 0) is 48.2 Å². The highest BCUT2D eigenvalue weighted by Crippen LogP contribution is 2.26. The Hall–Kier alpha value is -4.63. The first-order valence-electron chi connectivity index (χ1n) is 12.5. The van der Waals surface area contributed by atoms with E-state index in [1.807, 2.05) is 42.5 Å². The molecule has 1 aliphatic rings. The summed E-state index contributed by atoms with van der Waals surface area (Å²) in [6, 6.07) is 21.4. The average Bonchev–Trinajstić information content (AvgIpc) is 3.41. The molecule has 190 valence electrons. The van der Waals surface area contributed by atoms with Crippen LogP contribution in [0, 0.1) is 0 Å². The van der Waals surface area contributed by atoms with Gasteiger partial charge >= 0.3 is 0 Å². The molecule has 9 nitrogen and oxygen atoms in total. The number of likely N-dealkylation sites (tertiary alicyclic amines) is 1. The Morgan fingerprint density at radius 3 is 2.32 bits per heavy atom. The van der Waals surface area contributed by atoms with Crippen molar-refractivity contribution in [1.82, 2.24) is 29.2 Å². The molecule has 1 saturated heterocycles. The van der Waals surface area contributed by atoms with Gasteiger partial charge in [-0.2, -0.15) is 5.10 Å². The van der Waals surface area contributed by atoms with Crippen molar-refractivity contribution in [2.24, 2.45) is 0 Å². The number of aliphatic hydroxyl groups is 1. The number of pyridine rings is 1. The van der Waals surface area contributed by atoms with Crippen LogP contribution in [0.3, 0.4) is 0 Å². The van der Waals surface area contributed by atoms with E-state index in [2.05, 4.69) is 27.2 Å². The minimum atomic E-state index is -1.11.